The van der Waals surface area contributed by atoms with Gasteiger partial charge in [-0.3, -0.25) is 0 Å². The molecule has 0 saturated carbocycles. The van der Waals surface area contributed by atoms with Gasteiger partial charge < -0.3 is 0 Å². The van der Waals surface area contributed by atoms with Crippen molar-refractivity contribution in [3.8, 4) is 17.9 Å². The highest BCUT2D eigenvalue weighted by molar-refractivity contribution is 5.45. The summed E-state index contributed by atoms with van der Waals surface area (Å²) in [6.07, 6.45) is 5.41. The van der Waals surface area contributed by atoms with Crippen molar-refractivity contribution in [2.75, 3.05) is 0 Å². The Morgan fingerprint density at radius 2 is 2.44 bits per heavy atom. The van der Waals surface area contributed by atoms with Crippen LogP contribution in [0.25, 0.3) is 0 Å². The maximum atomic E-state index is 8.03. The molecule has 1 aliphatic carbocycles. The van der Waals surface area contributed by atoms with E-state index in [1.807, 2.05) is 12.2 Å². The van der Waals surface area contributed by atoms with Crippen LogP contribution in [0.2, 0.25) is 0 Å². The lowest BCUT2D eigenvalue weighted by Gasteiger charge is -1.71. The van der Waals surface area contributed by atoms with E-state index in [1.54, 1.807) is 12.1 Å². The number of rotatable bonds is 0. The molecule has 9 heavy (non-hydrogen) atoms. The molecule has 0 amide bonds. The first-order valence-electron chi connectivity index (χ1n) is 2.47. The van der Waals surface area contributed by atoms with Crippen LogP contribution in [-0.4, -0.2) is 0 Å². The normalized spacial score (nSPS) is 11.7. The summed E-state index contributed by atoms with van der Waals surface area (Å²) in [5, 5.41) is 8.03. The van der Waals surface area contributed by atoms with Crippen LogP contribution in [0, 0.1) is 23.2 Å². The first-order chi connectivity index (χ1) is 4.43. The molecule has 0 atom stereocenters. The molecule has 1 nitrogen and oxygen atoms in total. The van der Waals surface area contributed by atoms with Crippen LogP contribution in [0.4, 0.5) is 0 Å². The van der Waals surface area contributed by atoms with E-state index in [-0.39, 0.29) is 0 Å². The van der Waals surface area contributed by atoms with Gasteiger partial charge in [-0.05, 0) is 18.1 Å². The van der Waals surface area contributed by atoms with Crippen LogP contribution < -0.4 is 0 Å². The quantitative estimate of drug-likeness (QED) is 0.341. The largest absolute Gasteiger partial charge is 0.183 e. The van der Waals surface area contributed by atoms with Crippen LogP contribution in [0.15, 0.2) is 29.5 Å². The standard InChI is InChI=1S/C8H3N/c9-7-3-6-8-4-1-2-5-8/h1-2,4H. The molecule has 0 aromatic heterocycles. The number of allylic oxidation sites excluding steroid dienone is 3. The topological polar surface area (TPSA) is 23.8 Å². The predicted molar refractivity (Wildman–Crippen MR) is 34.1 cm³/mol. The van der Waals surface area contributed by atoms with Gasteiger partial charge in [-0.1, -0.05) is 6.08 Å². The zero-order valence-electron chi connectivity index (χ0n) is 4.68. The maximum Gasteiger partial charge on any atom is 0.152 e. The number of nitrogens with zero attached hydrogens (tertiary/aromatic N) is 1. The SMILES string of the molecule is N#CC#CC1=C=CC=C1. The fourth-order valence-electron chi connectivity index (χ4n) is 0.503. The van der Waals surface area contributed by atoms with Gasteiger partial charge in [0.15, 0.2) is 6.07 Å². The molecule has 0 fully saturated rings. The molecule has 40 valence electrons. The second-order valence-electron chi connectivity index (χ2n) is 1.45. The molecule has 1 heteroatoms. The fourth-order valence-corrected chi connectivity index (χ4v) is 0.503. The molecule has 0 aliphatic heterocycles. The van der Waals surface area contributed by atoms with E-state index in [9.17, 15) is 0 Å². The summed E-state index contributed by atoms with van der Waals surface area (Å²) in [4.78, 5) is 0. The molecule has 0 heterocycles. The van der Waals surface area contributed by atoms with Gasteiger partial charge in [0.2, 0.25) is 0 Å². The minimum atomic E-state index is 0.775. The highest BCUT2D eigenvalue weighted by Gasteiger charge is 1.83. The summed E-state index contributed by atoms with van der Waals surface area (Å²) < 4.78 is 0. The zero-order chi connectivity index (χ0) is 6.53. The van der Waals surface area contributed by atoms with E-state index in [0.29, 0.717) is 0 Å². The van der Waals surface area contributed by atoms with Crippen LogP contribution in [-0.2, 0) is 0 Å². The van der Waals surface area contributed by atoms with Crippen LogP contribution in [0.5, 0.6) is 0 Å². The lowest BCUT2D eigenvalue weighted by Crippen LogP contribution is -1.61. The Kier molecular flexibility index (Phi) is 1.56. The lowest BCUT2D eigenvalue weighted by atomic mass is 10.3. The molecule has 1 aliphatic rings. The molecule has 0 spiro atoms. The van der Waals surface area contributed by atoms with Crippen LogP contribution in [0.1, 0.15) is 0 Å². The number of nitriles is 1. The van der Waals surface area contributed by atoms with E-state index < -0.39 is 0 Å². The summed E-state index contributed by atoms with van der Waals surface area (Å²) >= 11 is 0. The first-order valence-corrected chi connectivity index (χ1v) is 2.47. The van der Waals surface area contributed by atoms with E-state index in [4.69, 9.17) is 5.26 Å². The Bertz CT molecular complexity index is 296. The molecule has 1 rings (SSSR count). The van der Waals surface area contributed by atoms with Crippen molar-refractivity contribution in [2.24, 2.45) is 0 Å². The van der Waals surface area contributed by atoms with Crippen LogP contribution in [0.3, 0.4) is 0 Å². The highest BCUT2D eigenvalue weighted by Crippen LogP contribution is 1.97. The Hall–Kier alpha value is -1.69. The third-order valence-electron chi connectivity index (χ3n) is 0.851. The van der Waals surface area contributed by atoms with Gasteiger partial charge in [-0.2, -0.15) is 5.26 Å². The second-order valence-corrected chi connectivity index (χ2v) is 1.45. The average Bonchev–Trinajstić information content (AvgIpc) is 2.34. The molecule has 0 bridgehead atoms. The molecule has 0 saturated heterocycles. The van der Waals surface area contributed by atoms with Crippen molar-refractivity contribution in [1.29, 1.82) is 5.26 Å². The summed E-state index contributed by atoms with van der Waals surface area (Å²) in [5.41, 5.74) is 3.62. The average molecular weight is 113 g/mol. The molecule has 0 radical (unpaired) electrons. The van der Waals surface area contributed by atoms with Gasteiger partial charge >= 0.3 is 0 Å². The van der Waals surface area contributed by atoms with Gasteiger partial charge in [0.25, 0.3) is 0 Å². The van der Waals surface area contributed by atoms with E-state index in [0.717, 1.165) is 5.57 Å². The molecule has 0 unspecified atom stereocenters. The summed E-state index contributed by atoms with van der Waals surface area (Å²) in [6, 6.07) is 1.72. The maximum absolute atomic E-state index is 8.03. The second kappa shape index (κ2) is 2.58. The summed E-state index contributed by atoms with van der Waals surface area (Å²) in [7, 11) is 0. The third kappa shape index (κ3) is 1.35. The fraction of sp³-hybridized carbons (Fsp3) is 0. The first kappa shape index (κ1) is 5.45. The molecule has 0 N–H and O–H groups in total. The highest BCUT2D eigenvalue weighted by atomic mass is 14.2. The van der Waals surface area contributed by atoms with E-state index in [2.05, 4.69) is 17.6 Å². The van der Waals surface area contributed by atoms with Gasteiger partial charge in [-0.15, -0.1) is 5.73 Å². The molecule has 0 aromatic carbocycles. The smallest absolute Gasteiger partial charge is 0.152 e. The molecule has 0 aromatic rings. The third-order valence-corrected chi connectivity index (χ3v) is 0.851. The number of hydrogen-bond acceptors (Lipinski definition) is 1. The van der Waals surface area contributed by atoms with Crippen molar-refractivity contribution in [3.63, 3.8) is 0 Å². The van der Waals surface area contributed by atoms with Gasteiger partial charge in [0.1, 0.15) is 0 Å². The molecular weight excluding hydrogens is 110 g/mol. The van der Waals surface area contributed by atoms with Crippen molar-refractivity contribution in [2.45, 2.75) is 0 Å². The van der Waals surface area contributed by atoms with Crippen molar-refractivity contribution in [1.82, 2.24) is 0 Å². The van der Waals surface area contributed by atoms with Crippen molar-refractivity contribution in [3.05, 3.63) is 29.5 Å². The van der Waals surface area contributed by atoms with E-state index >= 15 is 0 Å². The van der Waals surface area contributed by atoms with Gasteiger partial charge in [0, 0.05) is 5.92 Å². The Morgan fingerprint density at radius 3 is 3.00 bits per heavy atom. The van der Waals surface area contributed by atoms with Crippen LogP contribution >= 0.6 is 0 Å². The minimum absolute atomic E-state index is 0.775. The predicted octanol–water partition coefficient (Wildman–Crippen LogP) is 1.16. The van der Waals surface area contributed by atoms with E-state index in [1.165, 1.54) is 0 Å². The Balaban J connectivity index is 2.81. The van der Waals surface area contributed by atoms with Crippen molar-refractivity contribution < 1.29 is 0 Å². The zero-order valence-corrected chi connectivity index (χ0v) is 4.68. The van der Waals surface area contributed by atoms with Gasteiger partial charge in [0.05, 0.1) is 5.57 Å². The van der Waals surface area contributed by atoms with Crippen molar-refractivity contribution >= 4 is 0 Å². The lowest BCUT2D eigenvalue weighted by molar-refractivity contribution is 1.55. The Morgan fingerprint density at radius 1 is 1.56 bits per heavy atom. The number of hydrogen-bond donors (Lipinski definition) is 0. The summed E-state index contributed by atoms with van der Waals surface area (Å²) in [5.74, 6) is 4.88. The Labute approximate surface area is 53.6 Å². The van der Waals surface area contributed by atoms with Gasteiger partial charge in [-0.25, -0.2) is 0 Å². The monoisotopic (exact) mass is 113 g/mol. The molecular formula is C8H3N. The minimum Gasteiger partial charge on any atom is -0.183 e. The summed E-state index contributed by atoms with van der Waals surface area (Å²) in [6.45, 7) is 0.